The molecule has 3 nitrogen and oxygen atoms in total. The van der Waals surface area contributed by atoms with Crippen molar-refractivity contribution < 1.29 is 9.47 Å². The first kappa shape index (κ1) is 13.4. The van der Waals surface area contributed by atoms with Crippen LogP contribution in [0.4, 0.5) is 0 Å². The number of methoxy groups -OCH3 is 2. The van der Waals surface area contributed by atoms with Crippen molar-refractivity contribution in [3.8, 4) is 11.5 Å². The van der Waals surface area contributed by atoms with Crippen molar-refractivity contribution >= 4 is 6.21 Å². The van der Waals surface area contributed by atoms with Gasteiger partial charge in [0.15, 0.2) is 11.5 Å². The first-order valence-corrected chi connectivity index (χ1v) is 7.69. The van der Waals surface area contributed by atoms with E-state index in [1.54, 1.807) is 14.2 Å². The lowest BCUT2D eigenvalue weighted by Crippen LogP contribution is -2.16. The maximum absolute atomic E-state index is 5.62. The normalized spacial score (nSPS) is 18.2. The van der Waals surface area contributed by atoms with E-state index < -0.39 is 0 Å². The molecule has 1 heterocycles. The van der Waals surface area contributed by atoms with E-state index in [1.807, 2.05) is 6.21 Å². The Kier molecular flexibility index (Phi) is 3.14. The van der Waals surface area contributed by atoms with Crippen LogP contribution in [0.5, 0.6) is 11.5 Å². The maximum Gasteiger partial charge on any atom is 0.169 e. The Labute approximate surface area is 130 Å². The molecule has 4 rings (SSSR count). The third kappa shape index (κ3) is 1.85. The Bertz CT molecular complexity index is 764. The molecule has 2 aromatic carbocycles. The molecular weight excluding hydrogens is 274 g/mol. The topological polar surface area (TPSA) is 30.8 Å². The van der Waals surface area contributed by atoms with Gasteiger partial charge < -0.3 is 9.47 Å². The van der Waals surface area contributed by atoms with Gasteiger partial charge in [0.05, 0.1) is 14.2 Å². The molecule has 0 radical (unpaired) electrons. The van der Waals surface area contributed by atoms with Crippen LogP contribution in [0.1, 0.15) is 33.7 Å². The number of hydrogen-bond acceptors (Lipinski definition) is 3. The molecule has 1 atom stereocenters. The largest absolute Gasteiger partial charge is 0.493 e. The van der Waals surface area contributed by atoms with Crippen molar-refractivity contribution in [2.45, 2.75) is 18.8 Å². The van der Waals surface area contributed by atoms with Crippen LogP contribution in [0.3, 0.4) is 0 Å². The van der Waals surface area contributed by atoms with Gasteiger partial charge in [-0.05, 0) is 41.2 Å². The number of ether oxygens (including phenoxy) is 2. The molecule has 2 aromatic rings. The van der Waals surface area contributed by atoms with Gasteiger partial charge in [-0.3, -0.25) is 4.99 Å². The second kappa shape index (κ2) is 5.16. The third-order valence-electron chi connectivity index (χ3n) is 4.78. The molecular formula is C19H19NO2. The van der Waals surface area contributed by atoms with Gasteiger partial charge in [0.1, 0.15) is 0 Å². The molecule has 1 aliphatic heterocycles. The summed E-state index contributed by atoms with van der Waals surface area (Å²) in [5, 5.41) is 0. The van der Waals surface area contributed by atoms with Crippen LogP contribution in [0.2, 0.25) is 0 Å². The molecule has 22 heavy (non-hydrogen) atoms. The SMILES string of the molecule is COc1cc2c3c(c1OC)C=NCC3c1ccccc1CC2. The summed E-state index contributed by atoms with van der Waals surface area (Å²) in [7, 11) is 3.39. The first-order chi connectivity index (χ1) is 10.8. The Morgan fingerprint density at radius 1 is 1.05 bits per heavy atom. The van der Waals surface area contributed by atoms with Gasteiger partial charge in [-0.25, -0.2) is 0 Å². The summed E-state index contributed by atoms with van der Waals surface area (Å²) in [5.74, 6) is 1.93. The van der Waals surface area contributed by atoms with Gasteiger partial charge in [-0.1, -0.05) is 24.3 Å². The fourth-order valence-corrected chi connectivity index (χ4v) is 3.80. The lowest BCUT2D eigenvalue weighted by Gasteiger charge is -2.26. The molecule has 3 heteroatoms. The van der Waals surface area contributed by atoms with Crippen LogP contribution in [0.15, 0.2) is 35.3 Å². The first-order valence-electron chi connectivity index (χ1n) is 7.69. The molecule has 1 unspecified atom stereocenters. The molecule has 2 aliphatic rings. The predicted molar refractivity (Wildman–Crippen MR) is 87.7 cm³/mol. The van der Waals surface area contributed by atoms with Crippen molar-refractivity contribution in [3.05, 3.63) is 58.1 Å². The number of rotatable bonds is 2. The average Bonchev–Trinajstić information content (AvgIpc) is 2.73. The highest BCUT2D eigenvalue weighted by molar-refractivity contribution is 5.90. The molecule has 0 saturated carbocycles. The van der Waals surface area contributed by atoms with Gasteiger partial charge in [0.25, 0.3) is 0 Å². The van der Waals surface area contributed by atoms with E-state index in [-0.39, 0.29) is 0 Å². The standard InChI is InChI=1S/C19H19NO2/c1-21-17-9-13-8-7-12-5-3-4-6-14(12)15-10-20-11-16(18(13)15)19(17)22-2/h3-6,9,11,15H,7-8,10H2,1-2H3. The number of hydrogen-bond donors (Lipinski definition) is 0. The van der Waals surface area contributed by atoms with Crippen LogP contribution in [0, 0.1) is 0 Å². The molecule has 0 N–H and O–H groups in total. The molecule has 0 bridgehead atoms. The van der Waals surface area contributed by atoms with Crippen LogP contribution in [-0.2, 0) is 12.8 Å². The number of benzene rings is 2. The van der Waals surface area contributed by atoms with Crippen molar-refractivity contribution in [1.82, 2.24) is 0 Å². The predicted octanol–water partition coefficient (Wildman–Crippen LogP) is 3.37. The Morgan fingerprint density at radius 3 is 2.68 bits per heavy atom. The number of fused-ring (bicyclic) bond motifs is 2. The summed E-state index contributed by atoms with van der Waals surface area (Å²) < 4.78 is 11.2. The lowest BCUT2D eigenvalue weighted by atomic mass is 9.83. The van der Waals surface area contributed by atoms with Crippen molar-refractivity contribution in [3.63, 3.8) is 0 Å². The van der Waals surface area contributed by atoms with Crippen LogP contribution in [0.25, 0.3) is 0 Å². The number of nitrogens with zero attached hydrogens (tertiary/aromatic N) is 1. The van der Waals surface area contributed by atoms with Crippen molar-refractivity contribution in [2.75, 3.05) is 20.8 Å². The van der Waals surface area contributed by atoms with Crippen molar-refractivity contribution in [2.24, 2.45) is 4.99 Å². The summed E-state index contributed by atoms with van der Waals surface area (Å²) in [6.45, 7) is 0.812. The molecule has 0 spiro atoms. The fraction of sp³-hybridized carbons (Fsp3) is 0.316. The van der Waals surface area contributed by atoms with Crippen LogP contribution >= 0.6 is 0 Å². The average molecular weight is 293 g/mol. The van der Waals surface area contributed by atoms with Gasteiger partial charge in [0, 0.05) is 24.2 Å². The lowest BCUT2D eigenvalue weighted by molar-refractivity contribution is 0.353. The second-order valence-corrected chi connectivity index (χ2v) is 5.84. The minimum atomic E-state index is 0.327. The van der Waals surface area contributed by atoms with Crippen molar-refractivity contribution in [1.29, 1.82) is 0 Å². The van der Waals surface area contributed by atoms with E-state index in [0.717, 1.165) is 36.4 Å². The summed E-state index contributed by atoms with van der Waals surface area (Å²) in [4.78, 5) is 4.61. The molecule has 0 saturated heterocycles. The van der Waals surface area contributed by atoms with E-state index in [0.29, 0.717) is 5.92 Å². The minimum absolute atomic E-state index is 0.327. The zero-order chi connectivity index (χ0) is 15.1. The molecule has 0 aromatic heterocycles. The van der Waals surface area contributed by atoms with Gasteiger partial charge in [-0.15, -0.1) is 0 Å². The van der Waals surface area contributed by atoms with E-state index in [4.69, 9.17) is 9.47 Å². The van der Waals surface area contributed by atoms with Gasteiger partial charge in [-0.2, -0.15) is 0 Å². The maximum atomic E-state index is 5.62. The van der Waals surface area contributed by atoms with E-state index >= 15 is 0 Å². The summed E-state index contributed by atoms with van der Waals surface area (Å²) in [5.41, 5.74) is 6.67. The zero-order valence-corrected chi connectivity index (χ0v) is 12.9. The van der Waals surface area contributed by atoms with E-state index in [9.17, 15) is 0 Å². The van der Waals surface area contributed by atoms with Gasteiger partial charge in [0.2, 0.25) is 0 Å². The Balaban J connectivity index is 2.01. The highest BCUT2D eigenvalue weighted by Crippen LogP contribution is 2.44. The molecule has 0 amide bonds. The summed E-state index contributed by atoms with van der Waals surface area (Å²) in [6.07, 6.45) is 4.04. The summed E-state index contributed by atoms with van der Waals surface area (Å²) >= 11 is 0. The minimum Gasteiger partial charge on any atom is -0.493 e. The second-order valence-electron chi connectivity index (χ2n) is 5.84. The van der Waals surface area contributed by atoms with Crippen LogP contribution < -0.4 is 9.47 Å². The fourth-order valence-electron chi connectivity index (χ4n) is 3.80. The zero-order valence-electron chi connectivity index (χ0n) is 12.9. The third-order valence-corrected chi connectivity index (χ3v) is 4.78. The van der Waals surface area contributed by atoms with E-state index in [1.165, 1.54) is 22.3 Å². The monoisotopic (exact) mass is 293 g/mol. The van der Waals surface area contributed by atoms with Crippen LogP contribution in [-0.4, -0.2) is 27.0 Å². The quantitative estimate of drug-likeness (QED) is 0.850. The van der Waals surface area contributed by atoms with E-state index in [2.05, 4.69) is 35.3 Å². The number of aryl methyl sites for hydroxylation is 2. The summed E-state index contributed by atoms with van der Waals surface area (Å²) in [6, 6.07) is 10.9. The molecule has 1 aliphatic carbocycles. The Morgan fingerprint density at radius 2 is 1.86 bits per heavy atom. The highest BCUT2D eigenvalue weighted by Gasteiger charge is 2.30. The molecule has 0 fully saturated rings. The highest BCUT2D eigenvalue weighted by atomic mass is 16.5. The number of aliphatic imine (C=N–C) groups is 1. The Hall–Kier alpha value is -2.29. The molecule has 112 valence electrons. The van der Waals surface area contributed by atoms with Gasteiger partial charge >= 0.3 is 0 Å². The smallest absolute Gasteiger partial charge is 0.169 e.